The largest absolute Gasteiger partial charge is 0.376 e. The fourth-order valence-corrected chi connectivity index (χ4v) is 3.93. The first kappa shape index (κ1) is 22.8. The Morgan fingerprint density at radius 1 is 0.710 bits per heavy atom. The summed E-state index contributed by atoms with van der Waals surface area (Å²) in [7, 11) is 0. The lowest BCUT2D eigenvalue weighted by Gasteiger charge is -2.30. The van der Waals surface area contributed by atoms with E-state index in [2.05, 4.69) is 12.2 Å². The molecule has 1 amide bonds. The van der Waals surface area contributed by atoms with E-state index in [9.17, 15) is 9.90 Å². The Balaban J connectivity index is 1.70. The molecule has 3 aromatic carbocycles. The van der Waals surface area contributed by atoms with Crippen LogP contribution in [0, 0.1) is 0 Å². The van der Waals surface area contributed by atoms with Gasteiger partial charge in [0.05, 0.1) is 0 Å². The van der Waals surface area contributed by atoms with E-state index in [0.29, 0.717) is 12.1 Å². The number of unbranched alkanes of at least 4 members (excludes halogenated alkanes) is 5. The summed E-state index contributed by atoms with van der Waals surface area (Å²) < 4.78 is 0. The van der Waals surface area contributed by atoms with Crippen molar-refractivity contribution in [3.05, 3.63) is 107 Å². The number of amides is 1. The predicted molar refractivity (Wildman–Crippen MR) is 127 cm³/mol. The van der Waals surface area contributed by atoms with E-state index < -0.39 is 5.60 Å². The normalized spacial score (nSPS) is 11.3. The Bertz CT molecular complexity index is 881. The number of benzene rings is 3. The predicted octanol–water partition coefficient (Wildman–Crippen LogP) is 6.06. The summed E-state index contributed by atoms with van der Waals surface area (Å²) in [5.74, 6) is -0.0666. The zero-order valence-corrected chi connectivity index (χ0v) is 18.4. The van der Waals surface area contributed by atoms with E-state index in [4.69, 9.17) is 0 Å². The lowest BCUT2D eigenvalue weighted by Crippen LogP contribution is -2.29. The average molecular weight is 416 g/mol. The topological polar surface area (TPSA) is 49.3 Å². The van der Waals surface area contributed by atoms with Crippen LogP contribution in [0.4, 0.5) is 0 Å². The summed E-state index contributed by atoms with van der Waals surface area (Å²) >= 11 is 0. The third-order valence-electron chi connectivity index (χ3n) is 5.76. The van der Waals surface area contributed by atoms with Gasteiger partial charge >= 0.3 is 0 Å². The Morgan fingerprint density at radius 2 is 1.19 bits per heavy atom. The molecule has 0 aromatic heterocycles. The highest BCUT2D eigenvalue weighted by atomic mass is 16.3. The molecule has 0 aliphatic carbocycles. The van der Waals surface area contributed by atoms with Crippen LogP contribution in [0.2, 0.25) is 0 Å². The van der Waals surface area contributed by atoms with Gasteiger partial charge in [0.15, 0.2) is 0 Å². The summed E-state index contributed by atoms with van der Waals surface area (Å²) in [6.07, 6.45) is 7.21. The van der Waals surface area contributed by atoms with Crippen molar-refractivity contribution in [1.29, 1.82) is 0 Å². The highest BCUT2D eigenvalue weighted by Gasteiger charge is 2.33. The minimum absolute atomic E-state index is 0.0666. The number of rotatable bonds is 11. The van der Waals surface area contributed by atoms with Crippen LogP contribution in [0.5, 0.6) is 0 Å². The maximum atomic E-state index is 12.5. The monoisotopic (exact) mass is 415 g/mol. The van der Waals surface area contributed by atoms with Crippen molar-refractivity contribution in [2.75, 3.05) is 6.54 Å². The van der Waals surface area contributed by atoms with Gasteiger partial charge < -0.3 is 10.4 Å². The molecule has 3 aromatic rings. The molecule has 0 aliphatic rings. The quantitative estimate of drug-likeness (QED) is 0.295. The molecule has 162 valence electrons. The van der Waals surface area contributed by atoms with Gasteiger partial charge in [0.2, 0.25) is 0 Å². The van der Waals surface area contributed by atoms with Crippen LogP contribution in [0.3, 0.4) is 0 Å². The molecule has 0 bridgehead atoms. The summed E-state index contributed by atoms with van der Waals surface area (Å²) in [6.45, 7) is 2.91. The van der Waals surface area contributed by atoms with Crippen molar-refractivity contribution < 1.29 is 9.90 Å². The van der Waals surface area contributed by atoms with E-state index in [1.807, 2.05) is 72.8 Å². The second-order valence-corrected chi connectivity index (χ2v) is 8.04. The molecule has 0 atom stereocenters. The van der Waals surface area contributed by atoms with E-state index in [1.54, 1.807) is 12.1 Å². The first-order valence-electron chi connectivity index (χ1n) is 11.4. The van der Waals surface area contributed by atoms with Crippen LogP contribution in [-0.2, 0) is 5.60 Å². The summed E-state index contributed by atoms with van der Waals surface area (Å²) in [5, 5.41) is 14.8. The third kappa shape index (κ3) is 5.83. The van der Waals surface area contributed by atoms with Crippen molar-refractivity contribution in [1.82, 2.24) is 5.32 Å². The van der Waals surface area contributed by atoms with E-state index in [0.717, 1.165) is 29.5 Å². The first-order chi connectivity index (χ1) is 15.2. The van der Waals surface area contributed by atoms with Crippen molar-refractivity contribution in [3.8, 4) is 0 Å². The molecule has 0 radical (unpaired) electrons. The number of carbonyl (C=O) groups excluding carboxylic acids is 1. The van der Waals surface area contributed by atoms with Gasteiger partial charge in [-0.1, -0.05) is 112 Å². The first-order valence-corrected chi connectivity index (χ1v) is 11.4. The second kappa shape index (κ2) is 11.5. The fraction of sp³-hybridized carbons (Fsp3) is 0.321. The van der Waals surface area contributed by atoms with Gasteiger partial charge in [-0.25, -0.2) is 0 Å². The third-order valence-corrected chi connectivity index (χ3v) is 5.76. The number of aliphatic hydroxyl groups is 1. The van der Waals surface area contributed by atoms with Gasteiger partial charge in [-0.3, -0.25) is 4.79 Å². The molecule has 2 N–H and O–H groups in total. The fourth-order valence-electron chi connectivity index (χ4n) is 3.93. The minimum atomic E-state index is -1.28. The summed E-state index contributed by atoms with van der Waals surface area (Å²) in [5.41, 5.74) is 1.65. The van der Waals surface area contributed by atoms with Crippen molar-refractivity contribution in [2.24, 2.45) is 0 Å². The SMILES string of the molecule is CCCCCCCCNC(=O)c1ccc(C(O)(c2ccccc2)c2ccccc2)cc1. The van der Waals surface area contributed by atoms with E-state index in [-0.39, 0.29) is 5.91 Å². The van der Waals surface area contributed by atoms with Crippen molar-refractivity contribution in [2.45, 2.75) is 51.0 Å². The smallest absolute Gasteiger partial charge is 0.251 e. The zero-order valence-electron chi connectivity index (χ0n) is 18.4. The van der Waals surface area contributed by atoms with Crippen LogP contribution in [-0.4, -0.2) is 17.6 Å². The Labute approximate surface area is 186 Å². The lowest BCUT2D eigenvalue weighted by atomic mass is 9.80. The minimum Gasteiger partial charge on any atom is -0.376 e. The molecular weight excluding hydrogens is 382 g/mol. The van der Waals surface area contributed by atoms with Crippen LogP contribution in [0.1, 0.15) is 72.5 Å². The molecule has 3 rings (SSSR count). The van der Waals surface area contributed by atoms with Crippen LogP contribution >= 0.6 is 0 Å². The van der Waals surface area contributed by atoms with Crippen LogP contribution in [0.25, 0.3) is 0 Å². The van der Waals surface area contributed by atoms with Crippen LogP contribution < -0.4 is 5.32 Å². The van der Waals surface area contributed by atoms with Crippen molar-refractivity contribution >= 4 is 5.91 Å². The molecule has 0 aliphatic heterocycles. The molecule has 0 spiro atoms. The van der Waals surface area contributed by atoms with Gasteiger partial charge in [-0.2, -0.15) is 0 Å². The molecule has 0 unspecified atom stereocenters. The highest BCUT2D eigenvalue weighted by molar-refractivity contribution is 5.94. The number of hydrogen-bond donors (Lipinski definition) is 2. The number of carbonyl (C=O) groups is 1. The van der Waals surface area contributed by atoms with Crippen LogP contribution in [0.15, 0.2) is 84.9 Å². The molecule has 3 nitrogen and oxygen atoms in total. The molecule has 0 heterocycles. The number of hydrogen-bond acceptors (Lipinski definition) is 2. The molecule has 31 heavy (non-hydrogen) atoms. The van der Waals surface area contributed by atoms with Gasteiger partial charge in [-0.15, -0.1) is 0 Å². The molecule has 0 fully saturated rings. The van der Waals surface area contributed by atoms with Gasteiger partial charge in [0.1, 0.15) is 5.60 Å². The standard InChI is InChI=1S/C28H33NO2/c1-2-3-4-5-6-13-22-29-27(30)23-18-20-26(21-19-23)28(31,24-14-9-7-10-15-24)25-16-11-8-12-17-25/h7-12,14-21,31H,2-6,13,22H2,1H3,(H,29,30). The average Bonchev–Trinajstić information content (AvgIpc) is 2.84. The summed E-state index contributed by atoms with van der Waals surface area (Å²) in [4.78, 5) is 12.5. The Hall–Kier alpha value is -2.91. The molecular formula is C28H33NO2. The van der Waals surface area contributed by atoms with E-state index in [1.165, 1.54) is 25.7 Å². The Morgan fingerprint density at radius 3 is 1.74 bits per heavy atom. The van der Waals surface area contributed by atoms with Gasteiger partial charge in [0, 0.05) is 12.1 Å². The highest BCUT2D eigenvalue weighted by Crippen LogP contribution is 2.36. The van der Waals surface area contributed by atoms with E-state index >= 15 is 0 Å². The second-order valence-electron chi connectivity index (χ2n) is 8.04. The molecule has 0 saturated heterocycles. The lowest BCUT2D eigenvalue weighted by molar-refractivity contribution is 0.0952. The Kier molecular flexibility index (Phi) is 8.43. The number of nitrogens with one attached hydrogen (secondary N) is 1. The van der Waals surface area contributed by atoms with Crippen molar-refractivity contribution in [3.63, 3.8) is 0 Å². The maximum absolute atomic E-state index is 12.5. The zero-order chi connectivity index (χ0) is 21.9. The van der Waals surface area contributed by atoms with Gasteiger partial charge in [0.25, 0.3) is 5.91 Å². The molecule has 0 saturated carbocycles. The maximum Gasteiger partial charge on any atom is 0.251 e. The molecule has 3 heteroatoms. The summed E-state index contributed by atoms with van der Waals surface area (Å²) in [6, 6.07) is 26.6. The van der Waals surface area contributed by atoms with Gasteiger partial charge in [-0.05, 0) is 35.2 Å².